The quantitative estimate of drug-likeness (QED) is 0.467. The fraction of sp³-hybridized carbons (Fsp3) is 0.267. The van der Waals surface area contributed by atoms with Crippen LogP contribution in [0.4, 0.5) is 5.69 Å². The van der Waals surface area contributed by atoms with Crippen molar-refractivity contribution in [1.82, 2.24) is 15.2 Å². The van der Waals surface area contributed by atoms with E-state index in [1.807, 2.05) is 41.3 Å². The van der Waals surface area contributed by atoms with Gasteiger partial charge in [-0.05, 0) is 41.5 Å². The van der Waals surface area contributed by atoms with Gasteiger partial charge in [-0.2, -0.15) is 0 Å². The molecule has 5 rings (SSSR count). The lowest BCUT2D eigenvalue weighted by molar-refractivity contribution is -0.129. The Balaban J connectivity index is 1.12. The van der Waals surface area contributed by atoms with Crippen LogP contribution in [0.1, 0.15) is 23.7 Å². The van der Waals surface area contributed by atoms with Gasteiger partial charge in [-0.3, -0.25) is 19.9 Å². The van der Waals surface area contributed by atoms with Crippen LogP contribution in [0.3, 0.4) is 0 Å². The van der Waals surface area contributed by atoms with Gasteiger partial charge in [0.15, 0.2) is 0 Å². The van der Waals surface area contributed by atoms with E-state index in [0.717, 1.165) is 30.8 Å². The van der Waals surface area contributed by atoms with Crippen LogP contribution in [-0.4, -0.2) is 60.9 Å². The number of nitrogens with one attached hydrogen (secondary N) is 1. The SMILES string of the molecule is O=C(C1=CCC(=O)N(c2ccc(Cl)cc2)N1)N1CCN(CCOC(c2ccccc2)c2ccccc2)CC1. The summed E-state index contributed by atoms with van der Waals surface area (Å²) in [7, 11) is 0. The Bertz CT molecular complexity index is 1220. The summed E-state index contributed by atoms with van der Waals surface area (Å²) >= 11 is 5.97. The minimum Gasteiger partial charge on any atom is -0.367 e. The Labute approximate surface area is 228 Å². The standard InChI is InChI=1S/C30H31ClN4O3/c31-25-11-13-26(14-12-25)35-28(36)16-15-27(32-35)30(37)34-19-17-33(18-20-34)21-22-38-29(23-7-3-1-4-8-23)24-9-5-2-6-10-24/h1-15,29,32H,16-22H2. The molecule has 0 aliphatic carbocycles. The number of ether oxygens (including phenoxy) is 1. The molecule has 0 spiro atoms. The topological polar surface area (TPSA) is 65.1 Å². The Morgan fingerprint density at radius 1 is 0.868 bits per heavy atom. The number of hydrazine groups is 1. The summed E-state index contributed by atoms with van der Waals surface area (Å²) in [5.41, 5.74) is 6.33. The zero-order valence-electron chi connectivity index (χ0n) is 21.1. The molecule has 0 atom stereocenters. The van der Waals surface area contributed by atoms with E-state index in [2.05, 4.69) is 34.6 Å². The summed E-state index contributed by atoms with van der Waals surface area (Å²) in [6.07, 6.45) is 1.72. The van der Waals surface area contributed by atoms with Gasteiger partial charge in [0.25, 0.3) is 5.91 Å². The van der Waals surface area contributed by atoms with Crippen molar-refractivity contribution in [3.8, 4) is 0 Å². The van der Waals surface area contributed by atoms with E-state index >= 15 is 0 Å². The second-order valence-corrected chi connectivity index (χ2v) is 9.78. The molecule has 2 aliphatic heterocycles. The zero-order valence-corrected chi connectivity index (χ0v) is 21.9. The number of halogens is 1. The number of benzene rings is 3. The first-order valence-electron chi connectivity index (χ1n) is 12.9. The first kappa shape index (κ1) is 26.0. The van der Waals surface area contributed by atoms with Crippen LogP contribution >= 0.6 is 11.6 Å². The molecule has 1 saturated heterocycles. The van der Waals surface area contributed by atoms with Crippen molar-refractivity contribution in [3.05, 3.63) is 113 Å². The average Bonchev–Trinajstić information content (AvgIpc) is 2.97. The largest absolute Gasteiger partial charge is 0.367 e. The number of piperazine rings is 1. The highest BCUT2D eigenvalue weighted by Crippen LogP contribution is 2.26. The van der Waals surface area contributed by atoms with Crippen molar-refractivity contribution in [3.63, 3.8) is 0 Å². The van der Waals surface area contributed by atoms with Crippen LogP contribution < -0.4 is 10.4 Å². The Morgan fingerprint density at radius 3 is 2.08 bits per heavy atom. The van der Waals surface area contributed by atoms with Gasteiger partial charge in [-0.1, -0.05) is 72.3 Å². The van der Waals surface area contributed by atoms with Gasteiger partial charge in [0.1, 0.15) is 11.8 Å². The summed E-state index contributed by atoms with van der Waals surface area (Å²) in [6.45, 7) is 4.15. The van der Waals surface area contributed by atoms with Gasteiger partial charge in [0.05, 0.1) is 12.3 Å². The van der Waals surface area contributed by atoms with Crippen LogP contribution in [-0.2, 0) is 14.3 Å². The molecule has 3 aromatic rings. The number of nitrogens with zero attached hydrogens (tertiary/aromatic N) is 3. The summed E-state index contributed by atoms with van der Waals surface area (Å²) in [4.78, 5) is 29.8. The van der Waals surface area contributed by atoms with Gasteiger partial charge >= 0.3 is 0 Å². The van der Waals surface area contributed by atoms with Gasteiger partial charge in [-0.15, -0.1) is 0 Å². The van der Waals surface area contributed by atoms with Crippen LogP contribution in [0.15, 0.2) is 96.7 Å². The molecule has 1 fully saturated rings. The first-order chi connectivity index (χ1) is 18.6. The summed E-state index contributed by atoms with van der Waals surface area (Å²) in [6, 6.07) is 27.5. The maximum Gasteiger partial charge on any atom is 0.271 e. The number of anilines is 1. The van der Waals surface area contributed by atoms with Crippen molar-refractivity contribution in [1.29, 1.82) is 0 Å². The Kier molecular flexibility index (Phi) is 8.38. The van der Waals surface area contributed by atoms with Crippen molar-refractivity contribution in [2.24, 2.45) is 0 Å². The van der Waals surface area contributed by atoms with Crippen molar-refractivity contribution >= 4 is 29.1 Å². The molecule has 0 aromatic heterocycles. The third-order valence-electron chi connectivity index (χ3n) is 6.83. The van der Waals surface area contributed by atoms with E-state index in [9.17, 15) is 9.59 Å². The average molecular weight is 531 g/mol. The highest BCUT2D eigenvalue weighted by Gasteiger charge is 2.29. The van der Waals surface area contributed by atoms with Gasteiger partial charge in [0, 0.05) is 44.2 Å². The number of hydrogen-bond donors (Lipinski definition) is 1. The van der Waals surface area contributed by atoms with E-state index in [-0.39, 0.29) is 24.3 Å². The second kappa shape index (κ2) is 12.3. The van der Waals surface area contributed by atoms with E-state index in [4.69, 9.17) is 16.3 Å². The fourth-order valence-corrected chi connectivity index (χ4v) is 4.85. The second-order valence-electron chi connectivity index (χ2n) is 9.35. The summed E-state index contributed by atoms with van der Waals surface area (Å²) < 4.78 is 6.37. The highest BCUT2D eigenvalue weighted by molar-refractivity contribution is 6.30. The third-order valence-corrected chi connectivity index (χ3v) is 7.09. The molecule has 3 aromatic carbocycles. The number of carbonyl (C=O) groups is 2. The van der Waals surface area contributed by atoms with Crippen LogP contribution in [0.5, 0.6) is 0 Å². The van der Waals surface area contributed by atoms with E-state index in [1.165, 1.54) is 5.01 Å². The monoisotopic (exact) mass is 530 g/mol. The minimum absolute atomic E-state index is 0.0967. The number of carbonyl (C=O) groups excluding carboxylic acids is 2. The molecular formula is C30H31ClN4O3. The molecule has 2 aliphatic rings. The predicted octanol–water partition coefficient (Wildman–Crippen LogP) is 4.42. The molecule has 2 amide bonds. The van der Waals surface area contributed by atoms with Gasteiger partial charge in [0.2, 0.25) is 5.91 Å². The number of rotatable bonds is 8. The minimum atomic E-state index is -0.127. The molecule has 0 saturated carbocycles. The van der Waals surface area contributed by atoms with Gasteiger partial charge < -0.3 is 9.64 Å². The van der Waals surface area contributed by atoms with E-state index in [1.54, 1.807) is 30.3 Å². The number of hydrogen-bond acceptors (Lipinski definition) is 5. The van der Waals surface area contributed by atoms with Crippen LogP contribution in [0.2, 0.25) is 5.02 Å². The maximum atomic E-state index is 13.2. The third kappa shape index (κ3) is 6.25. The molecule has 0 bridgehead atoms. The molecule has 8 heteroatoms. The van der Waals surface area contributed by atoms with E-state index in [0.29, 0.717) is 36.1 Å². The van der Waals surface area contributed by atoms with Crippen LogP contribution in [0.25, 0.3) is 0 Å². The van der Waals surface area contributed by atoms with E-state index < -0.39 is 0 Å². The molecule has 196 valence electrons. The first-order valence-corrected chi connectivity index (χ1v) is 13.2. The smallest absolute Gasteiger partial charge is 0.271 e. The summed E-state index contributed by atoms with van der Waals surface area (Å²) in [5.74, 6) is -0.224. The fourth-order valence-electron chi connectivity index (χ4n) is 4.73. The Hall–Kier alpha value is -3.65. The molecule has 0 radical (unpaired) electrons. The molecule has 38 heavy (non-hydrogen) atoms. The lowest BCUT2D eigenvalue weighted by atomic mass is 10.0. The normalized spacial score (nSPS) is 16.4. The predicted molar refractivity (Wildman–Crippen MR) is 148 cm³/mol. The highest BCUT2D eigenvalue weighted by atomic mass is 35.5. The van der Waals surface area contributed by atoms with Crippen molar-refractivity contribution < 1.29 is 14.3 Å². The Morgan fingerprint density at radius 2 is 1.47 bits per heavy atom. The van der Waals surface area contributed by atoms with Crippen molar-refractivity contribution in [2.75, 3.05) is 44.3 Å². The lowest BCUT2D eigenvalue weighted by Crippen LogP contribution is -2.54. The molecule has 7 nitrogen and oxygen atoms in total. The lowest BCUT2D eigenvalue weighted by Gasteiger charge is -2.37. The molecule has 0 unspecified atom stereocenters. The zero-order chi connectivity index (χ0) is 26.3. The molecule has 2 heterocycles. The summed E-state index contributed by atoms with van der Waals surface area (Å²) in [5, 5.41) is 2.00. The number of amides is 2. The van der Waals surface area contributed by atoms with Gasteiger partial charge in [-0.25, -0.2) is 5.01 Å². The molecular weight excluding hydrogens is 500 g/mol. The van der Waals surface area contributed by atoms with Crippen LogP contribution in [0, 0.1) is 0 Å². The van der Waals surface area contributed by atoms with Crippen molar-refractivity contribution in [2.45, 2.75) is 12.5 Å². The maximum absolute atomic E-state index is 13.2. The molecule has 1 N–H and O–H groups in total.